The number of aromatic hydroxyl groups is 1. The van der Waals surface area contributed by atoms with Gasteiger partial charge in [-0.25, -0.2) is 0 Å². The van der Waals surface area contributed by atoms with Gasteiger partial charge >= 0.3 is 111 Å². The molecule has 1 unspecified atom stereocenters. The van der Waals surface area contributed by atoms with Crippen molar-refractivity contribution < 1.29 is 14.6 Å². The fraction of sp³-hybridized carbons (Fsp3) is 0.0667. The Morgan fingerprint density at radius 3 is 2.74 bits per heavy atom. The van der Waals surface area contributed by atoms with Crippen molar-refractivity contribution in [2.75, 3.05) is 0 Å². The monoisotopic (exact) mass is 250 g/mol. The van der Waals surface area contributed by atoms with E-state index in [1.807, 2.05) is 18.2 Å². The molecule has 3 rings (SSSR count). The summed E-state index contributed by atoms with van der Waals surface area (Å²) in [7, 11) is 3.69. The predicted molar refractivity (Wildman–Crippen MR) is 74.3 cm³/mol. The summed E-state index contributed by atoms with van der Waals surface area (Å²) in [5.74, 6) is 1.38. The van der Waals surface area contributed by atoms with Gasteiger partial charge in [0.15, 0.2) is 0 Å². The summed E-state index contributed by atoms with van der Waals surface area (Å²) >= 11 is 0. The Bertz CT molecular complexity index is 679. The Labute approximate surface area is 111 Å². The number of carbonyl (C=O) groups is 1. The molecule has 1 aliphatic rings. The summed E-state index contributed by atoms with van der Waals surface area (Å²) in [6, 6.07) is 12.3. The molecule has 0 aromatic heterocycles. The molecule has 0 aliphatic carbocycles. The van der Waals surface area contributed by atoms with E-state index in [4.69, 9.17) is 4.74 Å². The maximum absolute atomic E-state index is 12.0. The normalized spacial score (nSPS) is 16.8. The molecule has 2 aromatic carbocycles. The zero-order valence-electron chi connectivity index (χ0n) is 10.2. The quantitative estimate of drug-likeness (QED) is 0.499. The maximum atomic E-state index is 12.0. The van der Waals surface area contributed by atoms with E-state index < -0.39 is 5.92 Å². The Kier molecular flexibility index (Phi) is 2.71. The van der Waals surface area contributed by atoms with Crippen LogP contribution in [0.3, 0.4) is 0 Å². The molecule has 1 aliphatic heterocycles. The van der Waals surface area contributed by atoms with Crippen LogP contribution in [-0.4, -0.2) is 24.5 Å². The second-order valence-electron chi connectivity index (χ2n) is 4.41. The summed E-state index contributed by atoms with van der Waals surface area (Å²) in [5, 5.41) is 9.99. The van der Waals surface area contributed by atoms with E-state index in [0.29, 0.717) is 11.3 Å². The van der Waals surface area contributed by atoms with Gasteiger partial charge in [0.05, 0.1) is 0 Å². The van der Waals surface area contributed by atoms with Crippen LogP contribution in [0.1, 0.15) is 22.6 Å². The second kappa shape index (κ2) is 4.39. The third kappa shape index (κ3) is 1.85. The molecule has 0 spiro atoms. The van der Waals surface area contributed by atoms with Crippen molar-refractivity contribution in [2.24, 2.45) is 0 Å². The molecule has 3 nitrogen and oxygen atoms in total. The number of carbonyl (C=O) groups excluding carboxylic acids is 1. The molecule has 4 heteroatoms. The van der Waals surface area contributed by atoms with Gasteiger partial charge < -0.3 is 0 Å². The number of esters is 1. The summed E-state index contributed by atoms with van der Waals surface area (Å²) in [6.07, 6.45) is 0. The number of hydrogen-bond acceptors (Lipinski definition) is 3. The van der Waals surface area contributed by atoms with Crippen LogP contribution in [0, 0.1) is 0 Å². The van der Waals surface area contributed by atoms with Crippen LogP contribution < -0.4 is 4.74 Å². The third-order valence-corrected chi connectivity index (χ3v) is 3.27. The van der Waals surface area contributed by atoms with Gasteiger partial charge in [-0.2, -0.15) is 0 Å². The molecule has 0 amide bonds. The van der Waals surface area contributed by atoms with E-state index in [2.05, 4.69) is 7.49 Å². The zero-order valence-corrected chi connectivity index (χ0v) is 10.2. The molecule has 1 heterocycles. The van der Waals surface area contributed by atoms with Gasteiger partial charge in [-0.1, -0.05) is 0 Å². The van der Waals surface area contributed by atoms with Crippen molar-refractivity contribution in [1.82, 2.24) is 0 Å². The average molecular weight is 250 g/mol. The molecule has 0 saturated carbocycles. The topological polar surface area (TPSA) is 46.5 Å². The van der Waals surface area contributed by atoms with Gasteiger partial charge in [-0.15, -0.1) is 0 Å². The Morgan fingerprint density at radius 1 is 1.16 bits per heavy atom. The fourth-order valence-electron chi connectivity index (χ4n) is 2.33. The van der Waals surface area contributed by atoms with Gasteiger partial charge in [0.25, 0.3) is 0 Å². The van der Waals surface area contributed by atoms with Crippen molar-refractivity contribution in [3.8, 4) is 11.5 Å². The molecule has 0 saturated heterocycles. The predicted octanol–water partition coefficient (Wildman–Crippen LogP) is 1.49. The van der Waals surface area contributed by atoms with Crippen molar-refractivity contribution in [1.29, 1.82) is 0 Å². The third-order valence-electron chi connectivity index (χ3n) is 3.27. The number of para-hydroxylation sites is 1. The van der Waals surface area contributed by atoms with E-state index in [9.17, 15) is 9.90 Å². The Balaban J connectivity index is 2.17. The number of fused-ring (bicyclic) bond motifs is 1. The van der Waals surface area contributed by atoms with Crippen molar-refractivity contribution >= 4 is 19.4 Å². The molecular formula is C15H11BO3. The molecule has 92 valence electrons. The number of benzene rings is 2. The van der Waals surface area contributed by atoms with Crippen LogP contribution >= 0.6 is 0 Å². The standard InChI is InChI=1S/C15H11BO3/c16-8-9-5-6-12(17)11(7-9)14-10-3-1-2-4-13(10)19-15(14)18/h1-8,14,16-17H. The zero-order chi connectivity index (χ0) is 13.4. The van der Waals surface area contributed by atoms with Gasteiger partial charge in [0.1, 0.15) is 0 Å². The summed E-state index contributed by atoms with van der Waals surface area (Å²) in [5.41, 5.74) is 2.18. The van der Waals surface area contributed by atoms with Gasteiger partial charge in [-0.3, -0.25) is 0 Å². The second-order valence-corrected chi connectivity index (χ2v) is 4.41. The van der Waals surface area contributed by atoms with Gasteiger partial charge in [0, 0.05) is 0 Å². The molecule has 2 aromatic rings. The first-order valence-corrected chi connectivity index (χ1v) is 5.96. The molecule has 1 atom stereocenters. The van der Waals surface area contributed by atoms with E-state index in [0.717, 1.165) is 11.1 Å². The average Bonchev–Trinajstić information content (AvgIpc) is 2.75. The summed E-state index contributed by atoms with van der Waals surface area (Å²) in [4.78, 5) is 12.0. The van der Waals surface area contributed by atoms with Crippen LogP contribution in [-0.2, 0) is 4.79 Å². The van der Waals surface area contributed by atoms with E-state index >= 15 is 0 Å². The van der Waals surface area contributed by atoms with Crippen molar-refractivity contribution in [3.63, 3.8) is 0 Å². The minimum absolute atomic E-state index is 0.0873. The van der Waals surface area contributed by atoms with E-state index in [1.54, 1.807) is 30.2 Å². The SMILES string of the molecule is B=Cc1ccc(O)c(C2C(=O)Oc3ccccc32)c1. The van der Waals surface area contributed by atoms with Crippen LogP contribution in [0.25, 0.3) is 0 Å². The number of hydrogen-bond donors (Lipinski definition) is 1. The molecule has 0 radical (unpaired) electrons. The van der Waals surface area contributed by atoms with Crippen molar-refractivity contribution in [2.45, 2.75) is 5.92 Å². The molecule has 1 N–H and O–H groups in total. The first-order valence-electron chi connectivity index (χ1n) is 5.96. The molecule has 0 fully saturated rings. The van der Waals surface area contributed by atoms with Crippen LogP contribution in [0.15, 0.2) is 42.5 Å². The van der Waals surface area contributed by atoms with E-state index in [-0.39, 0.29) is 11.7 Å². The molecule has 19 heavy (non-hydrogen) atoms. The molecule has 0 bridgehead atoms. The first-order chi connectivity index (χ1) is 9.20. The van der Waals surface area contributed by atoms with Crippen LogP contribution in [0.5, 0.6) is 11.5 Å². The van der Waals surface area contributed by atoms with Gasteiger partial charge in [-0.05, 0) is 0 Å². The number of phenols is 1. The number of ether oxygens (including phenoxy) is 1. The fourth-order valence-corrected chi connectivity index (χ4v) is 2.33. The summed E-state index contributed by atoms with van der Waals surface area (Å²) in [6.45, 7) is 0. The van der Waals surface area contributed by atoms with Crippen LogP contribution in [0.4, 0.5) is 0 Å². The van der Waals surface area contributed by atoms with Crippen molar-refractivity contribution in [3.05, 3.63) is 59.2 Å². The summed E-state index contributed by atoms with van der Waals surface area (Å²) < 4.78 is 5.23. The Morgan fingerprint density at radius 2 is 1.95 bits per heavy atom. The van der Waals surface area contributed by atoms with E-state index in [1.165, 1.54) is 0 Å². The number of phenolic OH excluding ortho intramolecular Hbond substituents is 1. The first kappa shape index (κ1) is 11.7. The number of rotatable bonds is 2. The Hall–Kier alpha value is -2.36. The molecular weight excluding hydrogens is 239 g/mol. The van der Waals surface area contributed by atoms with Crippen LogP contribution in [0.2, 0.25) is 0 Å². The van der Waals surface area contributed by atoms with Gasteiger partial charge in [0.2, 0.25) is 0 Å². The minimum atomic E-state index is -0.573.